The number of anilines is 1. The van der Waals surface area contributed by atoms with E-state index in [2.05, 4.69) is 19.7 Å². The molecule has 2 aliphatic carbocycles. The first-order chi connectivity index (χ1) is 24.5. The summed E-state index contributed by atoms with van der Waals surface area (Å²) in [7, 11) is -0.876. The Morgan fingerprint density at radius 2 is 1.47 bits per heavy atom. The number of aromatic nitrogens is 4. The second kappa shape index (κ2) is 16.8. The molecule has 2 N–H and O–H groups in total. The Morgan fingerprint density at radius 1 is 0.843 bits per heavy atom. The van der Waals surface area contributed by atoms with Crippen molar-refractivity contribution in [3.63, 3.8) is 0 Å². The largest absolute Gasteiger partial charge is 0.465 e. The topological polar surface area (TPSA) is 190 Å². The molecule has 2 fully saturated rings. The maximum absolute atomic E-state index is 13.7. The van der Waals surface area contributed by atoms with E-state index in [-0.39, 0.29) is 28.0 Å². The van der Waals surface area contributed by atoms with E-state index >= 15 is 0 Å². The van der Waals surface area contributed by atoms with E-state index in [1.807, 2.05) is 0 Å². The van der Waals surface area contributed by atoms with Crippen LogP contribution in [-0.4, -0.2) is 65.1 Å². The van der Waals surface area contributed by atoms with Crippen LogP contribution in [0.15, 0.2) is 70.9 Å². The number of methoxy groups -OCH3 is 2. The van der Waals surface area contributed by atoms with Crippen LogP contribution in [0.25, 0.3) is 10.9 Å². The first kappa shape index (κ1) is 37.3. The van der Waals surface area contributed by atoms with Crippen molar-refractivity contribution in [2.24, 2.45) is 5.92 Å². The van der Waals surface area contributed by atoms with Crippen molar-refractivity contribution in [2.75, 3.05) is 20.0 Å². The number of rotatable bonds is 10. The second-order valence-corrected chi connectivity index (χ2v) is 15.2. The molecule has 1 unspecified atom stereocenters. The second-order valence-electron chi connectivity index (χ2n) is 13.0. The molecule has 0 aliphatic heterocycles. The molecule has 13 nitrogen and oxygen atoms in total. The lowest BCUT2D eigenvalue weighted by atomic mass is 9.83. The van der Waals surface area contributed by atoms with Crippen molar-refractivity contribution in [2.45, 2.75) is 86.8 Å². The lowest BCUT2D eigenvalue weighted by molar-refractivity contribution is -0.122. The number of nitrogen functional groups attached to an aromatic ring is 1. The van der Waals surface area contributed by atoms with Crippen molar-refractivity contribution >= 4 is 44.3 Å². The Morgan fingerprint density at radius 3 is 2.06 bits per heavy atom. The molecule has 0 radical (unpaired) electrons. The van der Waals surface area contributed by atoms with Crippen molar-refractivity contribution in [1.29, 1.82) is 0 Å². The van der Waals surface area contributed by atoms with Crippen molar-refractivity contribution in [3.05, 3.63) is 88.4 Å². The lowest BCUT2D eigenvalue weighted by Gasteiger charge is -2.27. The minimum absolute atomic E-state index is 0.00187. The van der Waals surface area contributed by atoms with Crippen molar-refractivity contribution < 1.29 is 32.3 Å². The molecule has 0 spiro atoms. The molecule has 270 valence electrons. The maximum Gasteiger partial charge on any atom is 0.339 e. The lowest BCUT2D eigenvalue weighted by Crippen LogP contribution is -2.33. The summed E-state index contributed by atoms with van der Waals surface area (Å²) in [4.78, 5) is 62.6. The standard InChI is InChI=1S/C30H35N3O6S.C7H8N2O2/c1-39-30(36)21-11-12-22(31-18-21)16-28(34)27(15-20-7-3-2-4-8-20)33-19-32-26-17-24(13-14-25(26)29(33)35)40(37,38)23-9-5-6-10-23;1-11-7(10)5-2-3-6(8)9-4-5/h11-14,17-20,23,27H,2-10,15-16H2,1H3;2-4H,1H3,(H2,8,9). The summed E-state index contributed by atoms with van der Waals surface area (Å²) in [5.74, 6) is -0.366. The van der Waals surface area contributed by atoms with Gasteiger partial charge in [0.15, 0.2) is 15.6 Å². The van der Waals surface area contributed by atoms with Crippen LogP contribution >= 0.6 is 0 Å². The van der Waals surface area contributed by atoms with Crippen LogP contribution in [0.5, 0.6) is 0 Å². The zero-order chi connectivity index (χ0) is 36.5. The number of ketones is 1. The van der Waals surface area contributed by atoms with Crippen LogP contribution in [0.1, 0.15) is 96.7 Å². The van der Waals surface area contributed by atoms with E-state index < -0.39 is 33.1 Å². The smallest absolute Gasteiger partial charge is 0.339 e. The van der Waals surface area contributed by atoms with Crippen LogP contribution < -0.4 is 11.3 Å². The number of fused-ring (bicyclic) bond motifs is 1. The number of ether oxygens (including phenoxy) is 2. The molecule has 0 amide bonds. The Bertz CT molecular complexity index is 2020. The Hall–Kier alpha value is -4.98. The first-order valence-corrected chi connectivity index (χ1v) is 18.7. The van der Waals surface area contributed by atoms with E-state index in [0.29, 0.717) is 53.3 Å². The molecule has 2 aliphatic rings. The van der Waals surface area contributed by atoms with Gasteiger partial charge in [-0.05, 0) is 67.6 Å². The zero-order valence-corrected chi connectivity index (χ0v) is 29.6. The highest BCUT2D eigenvalue weighted by atomic mass is 32.2. The molecule has 4 aromatic rings. The fourth-order valence-corrected chi connectivity index (χ4v) is 8.62. The molecule has 1 aromatic carbocycles. The number of nitrogens with two attached hydrogens (primary N) is 1. The normalized spacial score (nSPS) is 15.8. The zero-order valence-electron chi connectivity index (χ0n) is 28.8. The fraction of sp³-hybridized carbons (Fsp3) is 0.432. The molecule has 51 heavy (non-hydrogen) atoms. The van der Waals surface area contributed by atoms with Gasteiger partial charge in [0, 0.05) is 18.1 Å². The van der Waals surface area contributed by atoms with Gasteiger partial charge < -0.3 is 15.2 Å². The Labute approximate surface area is 296 Å². The SMILES string of the molecule is COC(=O)c1ccc(CC(=O)C(CC2CCCCC2)n2cnc3cc(S(=O)(=O)C4CCCC4)ccc3c2=O)nc1.COC(=O)c1ccc(N)nc1. The number of carbonyl (C=O) groups excluding carboxylic acids is 3. The summed E-state index contributed by atoms with van der Waals surface area (Å²) in [6.07, 6.45) is 13.2. The number of esters is 2. The molecule has 0 saturated heterocycles. The monoisotopic (exact) mass is 717 g/mol. The average molecular weight is 718 g/mol. The summed E-state index contributed by atoms with van der Waals surface area (Å²) in [6.45, 7) is 0. The van der Waals surface area contributed by atoms with Gasteiger partial charge >= 0.3 is 11.9 Å². The number of carbonyl (C=O) groups is 3. The molecule has 14 heteroatoms. The van der Waals surface area contributed by atoms with Gasteiger partial charge in [0.25, 0.3) is 5.56 Å². The van der Waals surface area contributed by atoms with Crippen LogP contribution in [-0.2, 0) is 30.5 Å². The number of benzene rings is 1. The fourth-order valence-electron chi connectivity index (χ4n) is 6.75. The number of hydrogen-bond donors (Lipinski definition) is 1. The predicted octanol–water partition coefficient (Wildman–Crippen LogP) is 5.07. The average Bonchev–Trinajstić information content (AvgIpc) is 3.71. The number of nitrogens with zero attached hydrogens (tertiary/aromatic N) is 4. The van der Waals surface area contributed by atoms with Gasteiger partial charge in [-0.1, -0.05) is 44.9 Å². The van der Waals surface area contributed by atoms with Crippen LogP contribution in [0.2, 0.25) is 0 Å². The van der Waals surface area contributed by atoms with Gasteiger partial charge in [-0.25, -0.2) is 28.0 Å². The van der Waals surface area contributed by atoms with E-state index in [9.17, 15) is 27.6 Å². The van der Waals surface area contributed by atoms with Gasteiger partial charge in [-0.3, -0.25) is 19.1 Å². The molecular weight excluding hydrogens is 675 g/mol. The Kier molecular flexibility index (Phi) is 12.3. The third kappa shape index (κ3) is 9.04. The van der Waals surface area contributed by atoms with Gasteiger partial charge in [-0.15, -0.1) is 0 Å². The Balaban J connectivity index is 0.000000392. The summed E-state index contributed by atoms with van der Waals surface area (Å²) < 4.78 is 36.8. The van der Waals surface area contributed by atoms with Gasteiger partial charge in [0.05, 0.1) is 65.2 Å². The first-order valence-electron chi connectivity index (χ1n) is 17.1. The van der Waals surface area contributed by atoms with Gasteiger partial charge in [0.2, 0.25) is 0 Å². The highest BCUT2D eigenvalue weighted by Gasteiger charge is 2.31. The van der Waals surface area contributed by atoms with Crippen LogP contribution in [0, 0.1) is 5.92 Å². The molecule has 3 heterocycles. The van der Waals surface area contributed by atoms with Gasteiger partial charge in [-0.2, -0.15) is 0 Å². The molecule has 0 bridgehead atoms. The molecule has 1 atom stereocenters. The van der Waals surface area contributed by atoms with Crippen LogP contribution in [0.3, 0.4) is 0 Å². The summed E-state index contributed by atoms with van der Waals surface area (Å²) >= 11 is 0. The highest BCUT2D eigenvalue weighted by molar-refractivity contribution is 7.92. The van der Waals surface area contributed by atoms with Crippen molar-refractivity contribution in [1.82, 2.24) is 19.5 Å². The summed E-state index contributed by atoms with van der Waals surface area (Å²) in [5.41, 5.74) is 6.44. The number of sulfone groups is 1. The van der Waals surface area contributed by atoms with E-state index in [1.54, 1.807) is 24.3 Å². The van der Waals surface area contributed by atoms with E-state index in [1.165, 1.54) is 62.1 Å². The minimum Gasteiger partial charge on any atom is -0.465 e. The summed E-state index contributed by atoms with van der Waals surface area (Å²) in [5, 5.41) is -0.104. The van der Waals surface area contributed by atoms with E-state index in [4.69, 9.17) is 10.5 Å². The minimum atomic E-state index is -3.49. The molecule has 2 saturated carbocycles. The number of pyridine rings is 2. The quantitative estimate of drug-likeness (QED) is 0.215. The molecule has 3 aromatic heterocycles. The van der Waals surface area contributed by atoms with E-state index in [0.717, 1.165) is 38.5 Å². The van der Waals surface area contributed by atoms with Crippen molar-refractivity contribution in [3.8, 4) is 0 Å². The van der Waals surface area contributed by atoms with Gasteiger partial charge in [0.1, 0.15) is 5.82 Å². The maximum atomic E-state index is 13.7. The number of hydrogen-bond acceptors (Lipinski definition) is 12. The molecular formula is C37H43N5O8S. The predicted molar refractivity (Wildman–Crippen MR) is 190 cm³/mol. The van der Waals surface area contributed by atoms with Crippen LogP contribution in [0.4, 0.5) is 5.82 Å². The summed E-state index contributed by atoms with van der Waals surface area (Å²) in [6, 6.07) is 10.1. The number of Topliss-reactive ketones (excluding diaryl/α,β-unsaturated/α-hetero) is 1. The third-order valence-electron chi connectivity index (χ3n) is 9.62. The highest BCUT2D eigenvalue weighted by Crippen LogP contribution is 2.33. The molecule has 6 rings (SSSR count). The third-order valence-corrected chi connectivity index (χ3v) is 11.9.